The molecule has 242 valence electrons. The molecule has 1 N–H and O–H groups in total. The SMILES string of the molecule is C=C(CCC=C(C)C(=O)Nc1cc(CC(C)CCCC2CCCC2=O)ccc1C1CCCC(c2ccncc2C)CC1)C1CC1. The Morgan fingerprint density at radius 3 is 2.53 bits per heavy atom. The summed E-state index contributed by atoms with van der Waals surface area (Å²) in [4.78, 5) is 29.9. The molecule has 5 rings (SSSR count). The van der Waals surface area contributed by atoms with E-state index in [4.69, 9.17) is 0 Å². The van der Waals surface area contributed by atoms with Gasteiger partial charge in [0.05, 0.1) is 0 Å². The lowest BCUT2D eigenvalue weighted by molar-refractivity contribution is -0.120. The van der Waals surface area contributed by atoms with E-state index in [1.807, 2.05) is 19.3 Å². The lowest BCUT2D eigenvalue weighted by atomic mass is 9.86. The zero-order valence-electron chi connectivity index (χ0n) is 28.2. The average Bonchev–Trinajstić information content (AvgIpc) is 3.83. The number of anilines is 1. The first-order valence-electron chi connectivity index (χ1n) is 18.0. The van der Waals surface area contributed by atoms with Crippen LogP contribution in [0.2, 0.25) is 0 Å². The minimum Gasteiger partial charge on any atom is -0.322 e. The fourth-order valence-corrected chi connectivity index (χ4v) is 7.95. The smallest absolute Gasteiger partial charge is 0.250 e. The number of pyridine rings is 1. The van der Waals surface area contributed by atoms with E-state index >= 15 is 0 Å². The van der Waals surface area contributed by atoms with Crippen LogP contribution in [0.3, 0.4) is 0 Å². The van der Waals surface area contributed by atoms with Crippen molar-refractivity contribution in [3.8, 4) is 0 Å². The molecule has 3 fully saturated rings. The molecule has 45 heavy (non-hydrogen) atoms. The van der Waals surface area contributed by atoms with Crippen LogP contribution in [0.1, 0.15) is 144 Å². The number of nitrogens with one attached hydrogen (secondary N) is 1. The largest absolute Gasteiger partial charge is 0.322 e. The van der Waals surface area contributed by atoms with Gasteiger partial charge in [-0.1, -0.05) is 56.5 Å². The number of ketones is 1. The van der Waals surface area contributed by atoms with Crippen LogP contribution in [0.4, 0.5) is 5.69 Å². The van der Waals surface area contributed by atoms with Crippen LogP contribution >= 0.6 is 0 Å². The molecular formula is C41H56N2O2. The van der Waals surface area contributed by atoms with E-state index in [2.05, 4.69) is 61.1 Å². The number of allylic oxidation sites excluding steroid dienone is 2. The van der Waals surface area contributed by atoms with Gasteiger partial charge >= 0.3 is 0 Å². The fourth-order valence-electron chi connectivity index (χ4n) is 7.95. The molecule has 4 heteroatoms. The van der Waals surface area contributed by atoms with Crippen molar-refractivity contribution >= 4 is 17.4 Å². The lowest BCUT2D eigenvalue weighted by Crippen LogP contribution is -2.16. The monoisotopic (exact) mass is 608 g/mol. The van der Waals surface area contributed by atoms with Crippen molar-refractivity contribution in [2.24, 2.45) is 17.8 Å². The topological polar surface area (TPSA) is 59.1 Å². The standard InChI is InChI=1S/C41H56N2O2/c1-28(9-5-14-36-15-8-16-40(36)44)25-32-17-22-38(35-13-7-12-34(20-21-35)37-23-24-42-27-31(37)4)39(26-32)43-41(45)30(3)11-6-10-29(2)33-18-19-33/h11,17,22-24,26-28,33-36H,2,5-10,12-16,18-21,25H2,1,3-4H3,(H,43,45). The molecule has 4 atom stereocenters. The van der Waals surface area contributed by atoms with Crippen LogP contribution in [0.25, 0.3) is 0 Å². The van der Waals surface area contributed by atoms with Crippen LogP contribution in [0.5, 0.6) is 0 Å². The maximum atomic E-state index is 13.5. The number of hydrogen-bond acceptors (Lipinski definition) is 3. The summed E-state index contributed by atoms with van der Waals surface area (Å²) in [5.74, 6) is 3.07. The summed E-state index contributed by atoms with van der Waals surface area (Å²) < 4.78 is 0. The Kier molecular flexibility index (Phi) is 11.9. The summed E-state index contributed by atoms with van der Waals surface area (Å²) in [6.45, 7) is 10.7. The zero-order chi connectivity index (χ0) is 31.8. The number of benzene rings is 1. The third-order valence-electron chi connectivity index (χ3n) is 11.0. The van der Waals surface area contributed by atoms with Crippen molar-refractivity contribution in [2.45, 2.75) is 135 Å². The first-order valence-corrected chi connectivity index (χ1v) is 18.0. The molecule has 0 saturated heterocycles. The zero-order valence-corrected chi connectivity index (χ0v) is 28.2. The van der Waals surface area contributed by atoms with E-state index < -0.39 is 0 Å². The molecular weight excluding hydrogens is 552 g/mol. The van der Waals surface area contributed by atoms with Gasteiger partial charge in [0.15, 0.2) is 0 Å². The molecule has 0 aliphatic heterocycles. The molecule has 1 aromatic carbocycles. The van der Waals surface area contributed by atoms with Crippen molar-refractivity contribution in [2.75, 3.05) is 5.32 Å². The molecule has 4 unspecified atom stereocenters. The number of aryl methyl sites for hydroxylation is 1. The summed E-state index contributed by atoms with van der Waals surface area (Å²) >= 11 is 0. The molecule has 1 heterocycles. The third-order valence-corrected chi connectivity index (χ3v) is 11.0. The maximum Gasteiger partial charge on any atom is 0.250 e. The first-order chi connectivity index (χ1) is 21.8. The summed E-state index contributed by atoms with van der Waals surface area (Å²) in [5, 5.41) is 3.38. The van der Waals surface area contributed by atoms with Crippen LogP contribution in [0, 0.1) is 24.7 Å². The highest BCUT2D eigenvalue weighted by molar-refractivity contribution is 6.03. The maximum absolute atomic E-state index is 13.5. The molecule has 3 aliphatic carbocycles. The van der Waals surface area contributed by atoms with Gasteiger partial charge in [-0.25, -0.2) is 0 Å². The van der Waals surface area contributed by atoms with Crippen molar-refractivity contribution in [1.29, 1.82) is 0 Å². The second kappa shape index (κ2) is 16.0. The predicted octanol–water partition coefficient (Wildman–Crippen LogP) is 10.6. The normalized spacial score (nSPS) is 23.0. The van der Waals surface area contributed by atoms with Gasteiger partial charge < -0.3 is 5.32 Å². The molecule has 2 aromatic rings. The Labute approximate surface area is 272 Å². The van der Waals surface area contributed by atoms with Crippen LogP contribution in [-0.2, 0) is 16.0 Å². The summed E-state index contributed by atoms with van der Waals surface area (Å²) in [6.07, 6.45) is 23.5. The van der Waals surface area contributed by atoms with Crippen LogP contribution < -0.4 is 5.32 Å². The Morgan fingerprint density at radius 2 is 1.82 bits per heavy atom. The average molecular weight is 609 g/mol. The van der Waals surface area contributed by atoms with E-state index in [1.54, 1.807) is 0 Å². The number of carbonyl (C=O) groups excluding carboxylic acids is 2. The predicted molar refractivity (Wildman–Crippen MR) is 187 cm³/mol. The molecule has 0 bridgehead atoms. The molecule has 1 amide bonds. The van der Waals surface area contributed by atoms with Gasteiger partial charge in [-0.3, -0.25) is 14.6 Å². The molecule has 3 aliphatic rings. The Hall–Kier alpha value is -3.01. The minimum atomic E-state index is 0.0126. The number of amides is 1. The summed E-state index contributed by atoms with van der Waals surface area (Å²) in [6, 6.07) is 9.10. The highest BCUT2D eigenvalue weighted by atomic mass is 16.1. The molecule has 0 spiro atoms. The number of Topliss-reactive ketones (excluding diaryl/α,β-unsaturated/α-hetero) is 1. The number of aromatic nitrogens is 1. The molecule has 1 aromatic heterocycles. The van der Waals surface area contributed by atoms with E-state index in [0.29, 0.717) is 35.4 Å². The number of hydrogen-bond donors (Lipinski definition) is 1. The van der Waals surface area contributed by atoms with E-state index in [0.717, 1.165) is 88.3 Å². The van der Waals surface area contributed by atoms with Gasteiger partial charge in [-0.2, -0.15) is 0 Å². The first kappa shape index (κ1) is 33.4. The van der Waals surface area contributed by atoms with Crippen LogP contribution in [-0.4, -0.2) is 16.7 Å². The Morgan fingerprint density at radius 1 is 1.04 bits per heavy atom. The highest BCUT2D eigenvalue weighted by Gasteiger charge is 2.26. The van der Waals surface area contributed by atoms with Crippen molar-refractivity contribution in [3.63, 3.8) is 0 Å². The third kappa shape index (κ3) is 9.50. The van der Waals surface area contributed by atoms with Gasteiger partial charge in [0.25, 0.3) is 5.91 Å². The van der Waals surface area contributed by atoms with Gasteiger partial charge in [0.2, 0.25) is 0 Å². The quantitative estimate of drug-likeness (QED) is 0.132. The second-order valence-electron chi connectivity index (χ2n) is 14.7. The van der Waals surface area contributed by atoms with Gasteiger partial charge in [-0.15, -0.1) is 0 Å². The number of carbonyl (C=O) groups is 2. The highest BCUT2D eigenvalue weighted by Crippen LogP contribution is 2.42. The molecule has 4 nitrogen and oxygen atoms in total. The second-order valence-corrected chi connectivity index (χ2v) is 14.7. The Bertz CT molecular complexity index is 1370. The minimum absolute atomic E-state index is 0.0126. The van der Waals surface area contributed by atoms with Gasteiger partial charge in [0, 0.05) is 36.0 Å². The Balaban J connectivity index is 1.26. The lowest BCUT2D eigenvalue weighted by Gasteiger charge is -2.22. The van der Waals surface area contributed by atoms with Crippen molar-refractivity contribution in [3.05, 3.63) is 82.7 Å². The van der Waals surface area contributed by atoms with E-state index in [-0.39, 0.29) is 5.91 Å². The van der Waals surface area contributed by atoms with Crippen LogP contribution in [0.15, 0.2) is 60.5 Å². The van der Waals surface area contributed by atoms with E-state index in [1.165, 1.54) is 53.5 Å². The summed E-state index contributed by atoms with van der Waals surface area (Å²) in [5.41, 5.74) is 8.46. The van der Waals surface area contributed by atoms with E-state index in [9.17, 15) is 9.59 Å². The number of rotatable bonds is 14. The molecule has 0 radical (unpaired) electrons. The summed E-state index contributed by atoms with van der Waals surface area (Å²) in [7, 11) is 0. The number of nitrogens with zero attached hydrogens (tertiary/aromatic N) is 1. The van der Waals surface area contributed by atoms with Gasteiger partial charge in [0.1, 0.15) is 5.78 Å². The van der Waals surface area contributed by atoms with Crippen molar-refractivity contribution in [1.82, 2.24) is 4.98 Å². The fraction of sp³-hybridized carbons (Fsp3) is 0.585. The van der Waals surface area contributed by atoms with Crippen molar-refractivity contribution < 1.29 is 9.59 Å². The van der Waals surface area contributed by atoms with Gasteiger partial charge in [-0.05, 0) is 149 Å². The molecule has 3 saturated carbocycles.